The Kier molecular flexibility index (Phi) is 10.6. The molecule has 0 aliphatic carbocycles. The molecule has 5 N–H and O–H groups in total. The lowest BCUT2D eigenvalue weighted by atomic mass is 10.1. The van der Waals surface area contributed by atoms with E-state index < -0.39 is 11.7 Å². The summed E-state index contributed by atoms with van der Waals surface area (Å²) < 4.78 is 36.3. The number of aryl methyl sites for hydroxylation is 1. The van der Waals surface area contributed by atoms with E-state index in [1.54, 1.807) is 7.05 Å². The molecule has 0 saturated heterocycles. The normalized spacial score (nSPS) is 10.3. The number of hydrogen-bond acceptors (Lipinski definition) is 7. The van der Waals surface area contributed by atoms with Crippen LogP contribution in [0.3, 0.4) is 0 Å². The van der Waals surface area contributed by atoms with Gasteiger partial charge in [-0.15, -0.1) is 0 Å². The molecule has 0 fully saturated rings. The van der Waals surface area contributed by atoms with Crippen LogP contribution in [0.25, 0.3) is 0 Å². The SMILES string of the molecule is CNc1ccc(C)c(C#CC(=N)c2c(NC)ncnc2NC(C)C)c1.O=CNc1cccc(C(F)(F)F)c1. The summed E-state index contributed by atoms with van der Waals surface area (Å²) in [5, 5.41) is 19.9. The quantitative estimate of drug-likeness (QED) is 0.161. The zero-order chi connectivity index (χ0) is 28.3. The van der Waals surface area contributed by atoms with Crippen LogP contribution in [0.4, 0.5) is 36.2 Å². The highest BCUT2D eigenvalue weighted by molar-refractivity contribution is 6.16. The molecule has 8 nitrogen and oxygen atoms in total. The van der Waals surface area contributed by atoms with Crippen LogP contribution in [0.1, 0.15) is 36.1 Å². The Hall–Kier alpha value is -4.59. The van der Waals surface area contributed by atoms with Crippen molar-refractivity contribution < 1.29 is 18.0 Å². The maximum Gasteiger partial charge on any atom is 0.416 e. The van der Waals surface area contributed by atoms with Crippen molar-refractivity contribution in [1.29, 1.82) is 5.41 Å². The Bertz CT molecular complexity index is 1330. The summed E-state index contributed by atoms with van der Waals surface area (Å²) in [6.07, 6.45) is -2.57. The number of amides is 1. The second kappa shape index (κ2) is 13.6. The number of alkyl halides is 3. The highest BCUT2D eigenvalue weighted by Gasteiger charge is 2.30. The third-order valence-electron chi connectivity index (χ3n) is 5.02. The molecule has 0 atom stereocenters. The van der Waals surface area contributed by atoms with Crippen LogP contribution in [0.5, 0.6) is 0 Å². The minimum Gasteiger partial charge on any atom is -0.388 e. The van der Waals surface area contributed by atoms with E-state index >= 15 is 0 Å². The number of carbonyl (C=O) groups is 1. The molecule has 0 bridgehead atoms. The standard InChI is InChI=1S/C19H24N6.C8H6F3NO/c1-12(2)25-19-17(18(22-5)23-11-24-19)16(20)9-7-14-10-15(21-4)8-6-13(14)3;9-8(10,11)6-2-1-3-7(4-6)12-5-13/h6,8,10-12,20-21H,1-5H3,(H2,22,23,24,25);1-5H,(H,12,13). The molecule has 0 spiro atoms. The zero-order valence-corrected chi connectivity index (χ0v) is 21.7. The summed E-state index contributed by atoms with van der Waals surface area (Å²) in [5.74, 6) is 7.22. The molecule has 0 aliphatic rings. The van der Waals surface area contributed by atoms with Crippen LogP contribution < -0.4 is 21.3 Å². The largest absolute Gasteiger partial charge is 0.416 e. The first-order valence-corrected chi connectivity index (χ1v) is 11.6. The summed E-state index contributed by atoms with van der Waals surface area (Å²) in [7, 11) is 3.64. The molecule has 3 aromatic rings. The smallest absolute Gasteiger partial charge is 0.388 e. The number of anilines is 4. The van der Waals surface area contributed by atoms with Gasteiger partial charge in [-0.05, 0) is 62.6 Å². The van der Waals surface area contributed by atoms with Crippen LogP contribution in [-0.4, -0.2) is 42.2 Å². The molecule has 0 aliphatic heterocycles. The van der Waals surface area contributed by atoms with Crippen LogP contribution in [0, 0.1) is 24.2 Å². The number of nitrogens with one attached hydrogen (secondary N) is 5. The van der Waals surface area contributed by atoms with Gasteiger partial charge in [-0.2, -0.15) is 13.2 Å². The van der Waals surface area contributed by atoms with E-state index in [1.807, 2.05) is 46.0 Å². The van der Waals surface area contributed by atoms with E-state index in [0.29, 0.717) is 23.6 Å². The van der Waals surface area contributed by atoms with Crippen molar-refractivity contribution in [2.75, 3.05) is 35.4 Å². The fraction of sp³-hybridized carbons (Fsp3) is 0.259. The van der Waals surface area contributed by atoms with Crippen molar-refractivity contribution in [1.82, 2.24) is 9.97 Å². The number of nitrogens with zero attached hydrogens (tertiary/aromatic N) is 2. The first kappa shape index (κ1) is 29.6. The topological polar surface area (TPSA) is 115 Å². The molecule has 0 radical (unpaired) electrons. The molecule has 0 unspecified atom stereocenters. The average molecular weight is 526 g/mol. The Labute approximate surface area is 220 Å². The van der Waals surface area contributed by atoms with E-state index in [2.05, 4.69) is 43.1 Å². The molecule has 200 valence electrons. The van der Waals surface area contributed by atoms with Crippen molar-refractivity contribution in [2.24, 2.45) is 0 Å². The van der Waals surface area contributed by atoms with Gasteiger partial charge in [0.25, 0.3) is 0 Å². The molecular weight excluding hydrogens is 495 g/mol. The number of hydrogen-bond donors (Lipinski definition) is 5. The predicted molar refractivity (Wildman–Crippen MR) is 146 cm³/mol. The lowest BCUT2D eigenvalue weighted by molar-refractivity contribution is -0.137. The highest BCUT2D eigenvalue weighted by atomic mass is 19.4. The fourth-order valence-corrected chi connectivity index (χ4v) is 3.15. The Morgan fingerprint density at radius 3 is 2.34 bits per heavy atom. The highest BCUT2D eigenvalue weighted by Crippen LogP contribution is 2.30. The van der Waals surface area contributed by atoms with Crippen LogP contribution in [0.2, 0.25) is 0 Å². The van der Waals surface area contributed by atoms with Crippen molar-refractivity contribution in [3.8, 4) is 11.8 Å². The summed E-state index contributed by atoms with van der Waals surface area (Å²) >= 11 is 0. The Balaban J connectivity index is 0.000000328. The molecule has 1 heterocycles. The van der Waals surface area contributed by atoms with Gasteiger partial charge in [0.05, 0.1) is 11.1 Å². The third-order valence-corrected chi connectivity index (χ3v) is 5.02. The van der Waals surface area contributed by atoms with Gasteiger partial charge in [-0.1, -0.05) is 18.1 Å². The minimum absolute atomic E-state index is 0.129. The van der Waals surface area contributed by atoms with Gasteiger partial charge >= 0.3 is 6.18 Å². The van der Waals surface area contributed by atoms with Crippen LogP contribution in [-0.2, 0) is 11.0 Å². The van der Waals surface area contributed by atoms with E-state index in [4.69, 9.17) is 5.41 Å². The van der Waals surface area contributed by atoms with Gasteiger partial charge in [0.2, 0.25) is 6.41 Å². The van der Waals surface area contributed by atoms with Gasteiger partial charge in [0, 0.05) is 37.1 Å². The fourth-order valence-electron chi connectivity index (χ4n) is 3.15. The number of carbonyl (C=O) groups excluding carboxylic acids is 1. The van der Waals surface area contributed by atoms with Gasteiger partial charge in [0.1, 0.15) is 23.7 Å². The van der Waals surface area contributed by atoms with E-state index in [0.717, 1.165) is 28.9 Å². The summed E-state index contributed by atoms with van der Waals surface area (Å²) in [6, 6.07) is 10.6. The number of aromatic nitrogens is 2. The maximum atomic E-state index is 12.1. The number of benzene rings is 2. The lowest BCUT2D eigenvalue weighted by Gasteiger charge is -2.14. The first-order chi connectivity index (χ1) is 18.0. The second-order valence-corrected chi connectivity index (χ2v) is 8.24. The van der Waals surface area contributed by atoms with Crippen molar-refractivity contribution in [2.45, 2.75) is 33.0 Å². The maximum absolute atomic E-state index is 12.1. The molecular formula is C27H30F3N7O. The molecule has 11 heteroatoms. The van der Waals surface area contributed by atoms with Gasteiger partial charge < -0.3 is 21.3 Å². The monoisotopic (exact) mass is 525 g/mol. The number of halogens is 3. The molecule has 1 aromatic heterocycles. The van der Waals surface area contributed by atoms with Gasteiger partial charge in [-0.3, -0.25) is 10.2 Å². The van der Waals surface area contributed by atoms with Crippen molar-refractivity contribution in [3.05, 3.63) is 71.0 Å². The zero-order valence-electron chi connectivity index (χ0n) is 21.7. The second-order valence-electron chi connectivity index (χ2n) is 8.24. The summed E-state index contributed by atoms with van der Waals surface area (Å²) in [5.41, 5.74) is 3.04. The minimum atomic E-state index is -4.37. The van der Waals surface area contributed by atoms with Gasteiger partial charge in [0.15, 0.2) is 0 Å². The first-order valence-electron chi connectivity index (χ1n) is 11.6. The van der Waals surface area contributed by atoms with Crippen molar-refractivity contribution >= 4 is 35.1 Å². The van der Waals surface area contributed by atoms with E-state index in [1.165, 1.54) is 18.5 Å². The van der Waals surface area contributed by atoms with Crippen molar-refractivity contribution in [3.63, 3.8) is 0 Å². The molecule has 3 rings (SSSR count). The van der Waals surface area contributed by atoms with E-state index in [9.17, 15) is 18.0 Å². The van der Waals surface area contributed by atoms with E-state index in [-0.39, 0.29) is 17.4 Å². The van der Waals surface area contributed by atoms with Crippen LogP contribution in [0.15, 0.2) is 48.8 Å². The molecule has 38 heavy (non-hydrogen) atoms. The van der Waals surface area contributed by atoms with Gasteiger partial charge in [-0.25, -0.2) is 9.97 Å². The Morgan fingerprint density at radius 2 is 1.74 bits per heavy atom. The molecule has 0 saturated carbocycles. The average Bonchev–Trinajstić information content (AvgIpc) is 2.88. The number of rotatable bonds is 7. The predicted octanol–water partition coefficient (Wildman–Crippen LogP) is 5.38. The summed E-state index contributed by atoms with van der Waals surface area (Å²) in [6.45, 7) is 6.04. The third kappa shape index (κ3) is 8.51. The van der Waals surface area contributed by atoms with Crippen LogP contribution >= 0.6 is 0 Å². The Morgan fingerprint density at radius 1 is 1.03 bits per heavy atom. The molecule has 2 aromatic carbocycles. The lowest BCUT2D eigenvalue weighted by Crippen LogP contribution is -2.16. The molecule has 1 amide bonds. The summed E-state index contributed by atoms with van der Waals surface area (Å²) in [4.78, 5) is 18.4.